The molecule has 0 spiro atoms. The summed E-state index contributed by atoms with van der Waals surface area (Å²) < 4.78 is 41.8. The molecule has 0 unspecified atom stereocenters. The highest BCUT2D eigenvalue weighted by Crippen LogP contribution is 2.29. The maximum atomic E-state index is 13.9. The second-order valence-corrected chi connectivity index (χ2v) is 9.05. The lowest BCUT2D eigenvalue weighted by Crippen LogP contribution is -2.52. The Balaban J connectivity index is 1.64. The lowest BCUT2D eigenvalue weighted by atomic mass is 9.95. The Hall–Kier alpha value is -3.03. The van der Waals surface area contributed by atoms with E-state index >= 15 is 0 Å². The second-order valence-electron chi connectivity index (χ2n) is 7.16. The van der Waals surface area contributed by atoms with Gasteiger partial charge < -0.3 is 5.32 Å². The number of sulfonamides is 1. The lowest BCUT2D eigenvalue weighted by molar-refractivity contribution is -0.125. The molecule has 1 aliphatic rings. The molecule has 1 N–H and O–H groups in total. The predicted octanol–water partition coefficient (Wildman–Crippen LogP) is 3.26. The standard InChI is InChI=1S/C23H21FN2O3S/c24-21-13-7-6-9-18(21)15-25-23(27)22-14-17-8-4-5-10-19(17)16-26(22)30(28,29)20-11-2-1-3-12-20/h1-13,22H,14-16H2,(H,25,27)/t22-/m1/s1. The molecule has 1 atom stereocenters. The number of hydrogen-bond donors (Lipinski definition) is 1. The van der Waals surface area contributed by atoms with Crippen molar-refractivity contribution in [3.05, 3.63) is 101 Å². The zero-order valence-corrected chi connectivity index (χ0v) is 17.0. The van der Waals surface area contributed by atoms with Gasteiger partial charge in [0.05, 0.1) is 4.90 Å². The van der Waals surface area contributed by atoms with Gasteiger partial charge in [0, 0.05) is 18.7 Å². The van der Waals surface area contributed by atoms with Crippen LogP contribution in [0.15, 0.2) is 83.8 Å². The van der Waals surface area contributed by atoms with E-state index in [0.29, 0.717) is 5.56 Å². The van der Waals surface area contributed by atoms with E-state index in [-0.39, 0.29) is 24.4 Å². The summed E-state index contributed by atoms with van der Waals surface area (Å²) in [6, 6.07) is 20.8. The minimum Gasteiger partial charge on any atom is -0.351 e. The van der Waals surface area contributed by atoms with Crippen LogP contribution in [0, 0.1) is 5.82 Å². The van der Waals surface area contributed by atoms with Crippen molar-refractivity contribution in [3.8, 4) is 0 Å². The van der Waals surface area contributed by atoms with Gasteiger partial charge in [0.25, 0.3) is 0 Å². The van der Waals surface area contributed by atoms with Gasteiger partial charge in [-0.15, -0.1) is 0 Å². The molecule has 1 heterocycles. The Bertz CT molecular complexity index is 1170. The fraction of sp³-hybridized carbons (Fsp3) is 0.174. The van der Waals surface area contributed by atoms with Crippen molar-refractivity contribution in [2.75, 3.05) is 0 Å². The van der Waals surface area contributed by atoms with Crippen molar-refractivity contribution < 1.29 is 17.6 Å². The summed E-state index contributed by atoms with van der Waals surface area (Å²) in [7, 11) is -3.89. The molecule has 3 aromatic rings. The molecule has 7 heteroatoms. The molecule has 0 aromatic heterocycles. The summed E-state index contributed by atoms with van der Waals surface area (Å²) in [6.45, 7) is 0.0913. The van der Waals surface area contributed by atoms with Gasteiger partial charge >= 0.3 is 0 Å². The first-order valence-electron chi connectivity index (χ1n) is 9.61. The van der Waals surface area contributed by atoms with Crippen molar-refractivity contribution >= 4 is 15.9 Å². The molecule has 4 rings (SSSR count). The Morgan fingerprint density at radius 3 is 2.30 bits per heavy atom. The first-order chi connectivity index (χ1) is 14.5. The van der Waals surface area contributed by atoms with Crippen LogP contribution < -0.4 is 5.32 Å². The van der Waals surface area contributed by atoms with E-state index in [1.807, 2.05) is 24.3 Å². The molecule has 0 aliphatic carbocycles. The normalized spacial score (nSPS) is 16.6. The fourth-order valence-electron chi connectivity index (χ4n) is 3.64. The first-order valence-corrected chi connectivity index (χ1v) is 11.1. The van der Waals surface area contributed by atoms with Gasteiger partial charge in [-0.25, -0.2) is 12.8 Å². The van der Waals surface area contributed by atoms with Gasteiger partial charge in [-0.2, -0.15) is 4.31 Å². The highest BCUT2D eigenvalue weighted by atomic mass is 32.2. The number of nitrogens with one attached hydrogen (secondary N) is 1. The van der Waals surface area contributed by atoms with Crippen LogP contribution in [0.3, 0.4) is 0 Å². The predicted molar refractivity (Wildman–Crippen MR) is 111 cm³/mol. The molecule has 154 valence electrons. The van der Waals surface area contributed by atoms with Gasteiger partial charge in [-0.3, -0.25) is 4.79 Å². The van der Waals surface area contributed by atoms with Crippen LogP contribution >= 0.6 is 0 Å². The quantitative estimate of drug-likeness (QED) is 0.684. The number of amides is 1. The van der Waals surface area contributed by atoms with E-state index in [2.05, 4.69) is 5.32 Å². The van der Waals surface area contributed by atoms with Crippen LogP contribution in [-0.4, -0.2) is 24.7 Å². The first kappa shape index (κ1) is 20.3. The smallest absolute Gasteiger partial charge is 0.244 e. The number of carbonyl (C=O) groups excluding carboxylic acids is 1. The van der Waals surface area contributed by atoms with Crippen molar-refractivity contribution in [3.63, 3.8) is 0 Å². The molecular formula is C23H21FN2O3S. The topological polar surface area (TPSA) is 66.5 Å². The van der Waals surface area contributed by atoms with Crippen molar-refractivity contribution in [1.82, 2.24) is 9.62 Å². The molecular weight excluding hydrogens is 403 g/mol. The van der Waals surface area contributed by atoms with Crippen LogP contribution in [0.2, 0.25) is 0 Å². The molecule has 1 amide bonds. The van der Waals surface area contributed by atoms with Crippen molar-refractivity contribution in [2.45, 2.75) is 30.4 Å². The Morgan fingerprint density at radius 2 is 1.57 bits per heavy atom. The summed E-state index contributed by atoms with van der Waals surface area (Å²) in [5, 5.41) is 2.71. The van der Waals surface area contributed by atoms with Crippen LogP contribution in [0.1, 0.15) is 16.7 Å². The minimum absolute atomic E-state index is 0.0110. The Morgan fingerprint density at radius 1 is 0.933 bits per heavy atom. The van der Waals surface area contributed by atoms with E-state index in [9.17, 15) is 17.6 Å². The average molecular weight is 424 g/mol. The van der Waals surface area contributed by atoms with Crippen LogP contribution in [0.4, 0.5) is 4.39 Å². The molecule has 0 radical (unpaired) electrons. The summed E-state index contributed by atoms with van der Waals surface area (Å²) in [6.07, 6.45) is 0.255. The molecule has 1 aliphatic heterocycles. The van der Waals surface area contributed by atoms with Gasteiger partial charge in [0.2, 0.25) is 15.9 Å². The summed E-state index contributed by atoms with van der Waals surface area (Å²) >= 11 is 0. The maximum Gasteiger partial charge on any atom is 0.244 e. The minimum atomic E-state index is -3.89. The van der Waals surface area contributed by atoms with Crippen LogP contribution in [0.5, 0.6) is 0 Å². The number of benzene rings is 3. The second kappa shape index (κ2) is 8.38. The van der Waals surface area contributed by atoms with E-state index in [1.54, 1.807) is 36.4 Å². The number of halogens is 1. The largest absolute Gasteiger partial charge is 0.351 e. The molecule has 5 nitrogen and oxygen atoms in total. The van der Waals surface area contributed by atoms with Crippen molar-refractivity contribution in [2.24, 2.45) is 0 Å². The zero-order valence-electron chi connectivity index (χ0n) is 16.2. The average Bonchev–Trinajstić information content (AvgIpc) is 2.78. The van der Waals surface area contributed by atoms with E-state index in [1.165, 1.54) is 22.5 Å². The molecule has 0 bridgehead atoms. The summed E-state index contributed by atoms with van der Waals surface area (Å²) in [5.41, 5.74) is 2.15. The van der Waals surface area contributed by atoms with Gasteiger partial charge in [0.1, 0.15) is 11.9 Å². The lowest BCUT2D eigenvalue weighted by Gasteiger charge is -2.35. The number of rotatable bonds is 5. The SMILES string of the molecule is O=C(NCc1ccccc1F)[C@H]1Cc2ccccc2CN1S(=O)(=O)c1ccccc1. The van der Waals surface area contributed by atoms with Crippen LogP contribution in [-0.2, 0) is 34.3 Å². The Labute approximate surface area is 175 Å². The summed E-state index contributed by atoms with van der Waals surface area (Å²) in [5.74, 6) is -0.868. The number of hydrogen-bond acceptors (Lipinski definition) is 3. The van der Waals surface area contributed by atoms with Gasteiger partial charge in [-0.05, 0) is 35.7 Å². The van der Waals surface area contributed by atoms with E-state index < -0.39 is 27.8 Å². The highest BCUT2D eigenvalue weighted by Gasteiger charge is 2.39. The summed E-state index contributed by atoms with van der Waals surface area (Å²) in [4.78, 5) is 13.2. The molecule has 0 saturated heterocycles. The molecule has 30 heavy (non-hydrogen) atoms. The number of nitrogens with zero attached hydrogens (tertiary/aromatic N) is 1. The maximum absolute atomic E-state index is 13.9. The van der Waals surface area contributed by atoms with Gasteiger partial charge in [-0.1, -0.05) is 60.7 Å². The van der Waals surface area contributed by atoms with Crippen LogP contribution in [0.25, 0.3) is 0 Å². The Kier molecular flexibility index (Phi) is 5.65. The van der Waals surface area contributed by atoms with Crippen molar-refractivity contribution in [1.29, 1.82) is 0 Å². The fourth-order valence-corrected chi connectivity index (χ4v) is 5.23. The third kappa shape index (κ3) is 3.99. The van der Waals surface area contributed by atoms with Gasteiger partial charge in [0.15, 0.2) is 0 Å². The molecule has 0 fully saturated rings. The third-order valence-corrected chi connectivity index (χ3v) is 7.14. The van der Waals surface area contributed by atoms with E-state index in [0.717, 1.165) is 11.1 Å². The molecule has 0 saturated carbocycles. The zero-order chi connectivity index (χ0) is 21.1. The third-order valence-electron chi connectivity index (χ3n) is 5.27. The highest BCUT2D eigenvalue weighted by molar-refractivity contribution is 7.89. The monoisotopic (exact) mass is 424 g/mol. The molecule has 3 aromatic carbocycles. The van der Waals surface area contributed by atoms with E-state index in [4.69, 9.17) is 0 Å². The number of carbonyl (C=O) groups is 1. The number of fused-ring (bicyclic) bond motifs is 1.